The van der Waals surface area contributed by atoms with Gasteiger partial charge in [-0.05, 0) is 12.0 Å². The normalized spacial score (nSPS) is 23.6. The van der Waals surface area contributed by atoms with Crippen LogP contribution in [0.2, 0.25) is 0 Å². The standard InChI is InChI=1S/C11H20N2O9S3/c1-3-7-8(13-4-11(16,17)18)10(14,15)5-24(19,20)9(7)23-6(2)25(12,21)22/h8,13-18H,2-5H2,1H3,(H2,12,21,22). The first-order chi connectivity index (χ1) is 11.0. The molecular weight excluding hydrogens is 400 g/mol. The molecule has 0 saturated heterocycles. The Morgan fingerprint density at radius 1 is 1.44 bits per heavy atom. The summed E-state index contributed by atoms with van der Waals surface area (Å²) < 4.78 is 46.1. The van der Waals surface area contributed by atoms with Crippen molar-refractivity contribution in [1.82, 2.24) is 5.32 Å². The lowest BCUT2D eigenvalue weighted by atomic mass is 9.98. The molecule has 8 N–H and O–H groups in total. The molecule has 11 nitrogen and oxygen atoms in total. The van der Waals surface area contributed by atoms with Crippen molar-refractivity contribution in [3.8, 4) is 0 Å². The molecule has 14 heteroatoms. The number of primary sulfonamides is 1. The third kappa shape index (κ3) is 5.72. The maximum Gasteiger partial charge on any atom is 0.288 e. The van der Waals surface area contributed by atoms with E-state index in [1.54, 1.807) is 0 Å². The number of rotatable bonds is 7. The Morgan fingerprint density at radius 2 is 1.96 bits per heavy atom. The molecule has 1 atom stereocenters. The third-order valence-electron chi connectivity index (χ3n) is 3.21. The highest BCUT2D eigenvalue weighted by Crippen LogP contribution is 2.41. The van der Waals surface area contributed by atoms with Gasteiger partial charge in [0, 0.05) is 0 Å². The summed E-state index contributed by atoms with van der Waals surface area (Å²) in [5.41, 5.74) is -0.143. The van der Waals surface area contributed by atoms with Crippen molar-refractivity contribution in [1.29, 1.82) is 0 Å². The molecular formula is C11H20N2O9S3. The zero-order valence-electron chi connectivity index (χ0n) is 13.1. The van der Waals surface area contributed by atoms with Gasteiger partial charge in [0.25, 0.3) is 5.97 Å². The highest BCUT2D eigenvalue weighted by atomic mass is 32.3. The number of aliphatic hydroxyl groups is 5. The van der Waals surface area contributed by atoms with E-state index in [-0.39, 0.29) is 23.8 Å². The highest BCUT2D eigenvalue weighted by molar-refractivity contribution is 8.27. The summed E-state index contributed by atoms with van der Waals surface area (Å²) in [6.07, 6.45) is -0.0741. The van der Waals surface area contributed by atoms with Gasteiger partial charge in [0.05, 0.1) is 12.6 Å². The van der Waals surface area contributed by atoms with Crippen molar-refractivity contribution in [3.05, 3.63) is 20.6 Å². The Kier molecular flexibility index (Phi) is 6.50. The molecule has 0 saturated carbocycles. The van der Waals surface area contributed by atoms with Crippen LogP contribution in [0.1, 0.15) is 13.3 Å². The van der Waals surface area contributed by atoms with Crippen molar-refractivity contribution in [2.45, 2.75) is 31.1 Å². The SMILES string of the molecule is C=C(SC1=C(CC)C(NCC(O)(O)O)C(O)(O)CS1(=O)=O)S(N)(=O)=O. The minimum absolute atomic E-state index is 0.0741. The van der Waals surface area contributed by atoms with Gasteiger partial charge in [0.2, 0.25) is 10.0 Å². The van der Waals surface area contributed by atoms with Gasteiger partial charge >= 0.3 is 0 Å². The molecule has 1 heterocycles. The molecule has 0 fully saturated rings. The fourth-order valence-electron chi connectivity index (χ4n) is 2.19. The summed E-state index contributed by atoms with van der Waals surface area (Å²) >= 11 is 0.239. The van der Waals surface area contributed by atoms with Crippen molar-refractivity contribution in [2.24, 2.45) is 5.14 Å². The number of sulfonamides is 1. The Hall–Kier alpha value is -0.550. The third-order valence-corrected chi connectivity index (χ3v) is 8.11. The number of nitrogens with two attached hydrogens (primary N) is 1. The molecule has 0 bridgehead atoms. The van der Waals surface area contributed by atoms with Gasteiger partial charge in [0.1, 0.15) is 14.2 Å². The van der Waals surface area contributed by atoms with E-state index in [9.17, 15) is 27.0 Å². The molecule has 146 valence electrons. The van der Waals surface area contributed by atoms with Gasteiger partial charge in [0.15, 0.2) is 15.6 Å². The number of hydrogen-bond donors (Lipinski definition) is 7. The van der Waals surface area contributed by atoms with Gasteiger partial charge in [-0.15, -0.1) is 0 Å². The van der Waals surface area contributed by atoms with Crippen LogP contribution in [0.5, 0.6) is 0 Å². The summed E-state index contributed by atoms with van der Waals surface area (Å²) in [7, 11) is -8.56. The van der Waals surface area contributed by atoms with Crippen LogP contribution in [0.15, 0.2) is 20.6 Å². The second kappa shape index (κ2) is 7.22. The van der Waals surface area contributed by atoms with E-state index in [0.29, 0.717) is 0 Å². The minimum Gasteiger partial charge on any atom is -0.363 e. The summed E-state index contributed by atoms with van der Waals surface area (Å²) in [5, 5.41) is 54.0. The molecule has 0 amide bonds. The molecule has 1 aliphatic rings. The molecule has 1 unspecified atom stereocenters. The number of nitrogens with one attached hydrogen (secondary N) is 1. The van der Waals surface area contributed by atoms with E-state index in [1.165, 1.54) is 6.92 Å². The van der Waals surface area contributed by atoms with Gasteiger partial charge < -0.3 is 25.5 Å². The number of thioether (sulfide) groups is 1. The summed E-state index contributed by atoms with van der Waals surface area (Å²) in [4.78, 5) is 0. The van der Waals surface area contributed by atoms with Crippen LogP contribution in [0.3, 0.4) is 0 Å². The molecule has 0 aromatic rings. The number of hydrogen-bond acceptors (Lipinski definition) is 11. The maximum atomic E-state index is 12.3. The topological polar surface area (TPSA) is 207 Å². The Balaban J connectivity index is 3.44. The quantitative estimate of drug-likeness (QED) is 0.204. The predicted octanol–water partition coefficient (Wildman–Crippen LogP) is -3.20. The van der Waals surface area contributed by atoms with Gasteiger partial charge in [-0.1, -0.05) is 25.3 Å². The van der Waals surface area contributed by atoms with E-state index in [0.717, 1.165) is 0 Å². The molecule has 1 rings (SSSR count). The van der Waals surface area contributed by atoms with Crippen LogP contribution in [-0.2, 0) is 19.9 Å². The van der Waals surface area contributed by atoms with Crippen molar-refractivity contribution in [3.63, 3.8) is 0 Å². The fraction of sp³-hybridized carbons (Fsp3) is 0.636. The zero-order chi connectivity index (χ0) is 19.8. The van der Waals surface area contributed by atoms with Gasteiger partial charge in [-0.25, -0.2) is 22.0 Å². The van der Waals surface area contributed by atoms with Crippen molar-refractivity contribution < 1.29 is 42.4 Å². The molecule has 25 heavy (non-hydrogen) atoms. The molecule has 0 aromatic carbocycles. The monoisotopic (exact) mass is 420 g/mol. The summed E-state index contributed by atoms with van der Waals surface area (Å²) in [6, 6.07) is -1.54. The van der Waals surface area contributed by atoms with Crippen molar-refractivity contribution >= 4 is 31.6 Å². The highest BCUT2D eigenvalue weighted by Gasteiger charge is 2.49. The summed E-state index contributed by atoms with van der Waals surface area (Å²) in [5.74, 6) is -7.23. The van der Waals surface area contributed by atoms with Gasteiger partial charge in [-0.3, -0.25) is 5.32 Å². The molecule has 0 aromatic heterocycles. The molecule has 0 aliphatic carbocycles. The van der Waals surface area contributed by atoms with Crippen LogP contribution >= 0.6 is 11.8 Å². The molecule has 1 aliphatic heterocycles. The Bertz CT molecular complexity index is 778. The van der Waals surface area contributed by atoms with Crippen LogP contribution in [0.4, 0.5) is 0 Å². The molecule has 0 radical (unpaired) electrons. The Labute approximate surface area is 148 Å². The lowest BCUT2D eigenvalue weighted by molar-refractivity contribution is -0.308. The van der Waals surface area contributed by atoms with E-state index < -0.39 is 58.4 Å². The first-order valence-corrected chi connectivity index (χ1v) is 10.7. The second-order valence-electron chi connectivity index (χ2n) is 5.41. The molecule has 0 spiro atoms. The van der Waals surface area contributed by atoms with E-state index in [2.05, 4.69) is 11.9 Å². The fourth-order valence-corrected chi connectivity index (χ4v) is 6.17. The number of sulfone groups is 1. The van der Waals surface area contributed by atoms with Crippen LogP contribution in [-0.4, -0.2) is 72.5 Å². The first-order valence-electron chi connectivity index (χ1n) is 6.72. The predicted molar refractivity (Wildman–Crippen MR) is 89.3 cm³/mol. The minimum atomic E-state index is -4.30. The lowest BCUT2D eigenvalue weighted by Crippen LogP contribution is -2.60. The lowest BCUT2D eigenvalue weighted by Gasteiger charge is -2.39. The zero-order valence-corrected chi connectivity index (χ0v) is 15.5. The van der Waals surface area contributed by atoms with Crippen LogP contribution in [0.25, 0.3) is 0 Å². The second-order valence-corrected chi connectivity index (χ2v) is 10.5. The van der Waals surface area contributed by atoms with Crippen LogP contribution < -0.4 is 10.5 Å². The van der Waals surface area contributed by atoms with Crippen LogP contribution in [0, 0.1) is 0 Å². The van der Waals surface area contributed by atoms with Crippen molar-refractivity contribution in [2.75, 3.05) is 12.3 Å². The average Bonchev–Trinajstić information content (AvgIpc) is 2.36. The Morgan fingerprint density at radius 3 is 2.36 bits per heavy atom. The smallest absolute Gasteiger partial charge is 0.288 e. The van der Waals surface area contributed by atoms with Gasteiger partial charge in [-0.2, -0.15) is 0 Å². The van der Waals surface area contributed by atoms with E-state index in [1.807, 2.05) is 0 Å². The first kappa shape index (κ1) is 22.5. The largest absolute Gasteiger partial charge is 0.363 e. The van der Waals surface area contributed by atoms with E-state index in [4.69, 9.17) is 20.5 Å². The maximum absolute atomic E-state index is 12.3. The summed E-state index contributed by atoms with van der Waals surface area (Å²) in [6.45, 7) is 3.70. The average molecular weight is 420 g/mol. The van der Waals surface area contributed by atoms with E-state index >= 15 is 0 Å².